The summed E-state index contributed by atoms with van der Waals surface area (Å²) in [6.07, 6.45) is 0.955. The van der Waals surface area contributed by atoms with Gasteiger partial charge in [0.1, 0.15) is 0 Å². The lowest BCUT2D eigenvalue weighted by Crippen LogP contribution is -2.35. The van der Waals surface area contributed by atoms with E-state index in [2.05, 4.69) is 31.2 Å². The Kier molecular flexibility index (Phi) is 4.50. The molecule has 0 saturated heterocycles. The molecule has 0 spiro atoms. The van der Waals surface area contributed by atoms with E-state index in [1.54, 1.807) is 7.11 Å². The maximum Gasteiger partial charge on any atom is 0.150 e. The van der Waals surface area contributed by atoms with Gasteiger partial charge in [-0.3, -0.25) is 0 Å². The molecular formula is C12H22N2O2. The minimum Gasteiger partial charge on any atom is -0.379 e. The lowest BCUT2D eigenvalue weighted by atomic mass is 10.00. The number of aryl methyl sites for hydroxylation is 1. The quantitative estimate of drug-likeness (QED) is 0.808. The molecule has 1 aromatic heterocycles. The maximum absolute atomic E-state index is 5.39. The largest absolute Gasteiger partial charge is 0.379 e. The van der Waals surface area contributed by atoms with Crippen molar-refractivity contribution in [2.75, 3.05) is 7.11 Å². The van der Waals surface area contributed by atoms with Crippen molar-refractivity contribution in [1.29, 1.82) is 0 Å². The summed E-state index contributed by atoms with van der Waals surface area (Å²) >= 11 is 0. The summed E-state index contributed by atoms with van der Waals surface area (Å²) in [5.41, 5.74) is 0.825. The van der Waals surface area contributed by atoms with Crippen molar-refractivity contribution < 1.29 is 9.26 Å². The Morgan fingerprint density at radius 3 is 2.75 bits per heavy atom. The SMILES string of the molecule is COC(C)(C)CC(C)NCc1cc(C)no1. The Morgan fingerprint density at radius 2 is 2.25 bits per heavy atom. The molecule has 1 heterocycles. The first-order chi connectivity index (χ1) is 7.43. The van der Waals surface area contributed by atoms with Crippen molar-refractivity contribution in [2.24, 2.45) is 0 Å². The molecule has 0 bridgehead atoms. The van der Waals surface area contributed by atoms with Gasteiger partial charge in [0.25, 0.3) is 0 Å². The molecule has 1 atom stereocenters. The van der Waals surface area contributed by atoms with Crippen LogP contribution in [-0.4, -0.2) is 23.9 Å². The number of nitrogens with one attached hydrogen (secondary N) is 1. The number of rotatable bonds is 6. The van der Waals surface area contributed by atoms with Gasteiger partial charge in [-0.1, -0.05) is 5.16 Å². The fourth-order valence-corrected chi connectivity index (χ4v) is 1.67. The molecule has 1 N–H and O–H groups in total. The smallest absolute Gasteiger partial charge is 0.150 e. The number of hydrogen-bond acceptors (Lipinski definition) is 4. The van der Waals surface area contributed by atoms with Gasteiger partial charge in [0.15, 0.2) is 5.76 Å². The van der Waals surface area contributed by atoms with Gasteiger partial charge < -0.3 is 14.6 Å². The first-order valence-electron chi connectivity index (χ1n) is 5.63. The highest BCUT2D eigenvalue weighted by molar-refractivity contribution is 5.02. The molecule has 4 heteroatoms. The van der Waals surface area contributed by atoms with Crippen molar-refractivity contribution in [3.63, 3.8) is 0 Å². The Balaban J connectivity index is 2.33. The normalized spacial score (nSPS) is 14.1. The van der Waals surface area contributed by atoms with Gasteiger partial charge in [-0.2, -0.15) is 0 Å². The Hall–Kier alpha value is -0.870. The van der Waals surface area contributed by atoms with Crippen molar-refractivity contribution in [3.05, 3.63) is 17.5 Å². The standard InChI is InChI=1S/C12H22N2O2/c1-9-6-11(16-14-9)8-13-10(2)7-12(3,4)15-5/h6,10,13H,7-8H2,1-5H3. The molecule has 1 aromatic rings. The number of hydrogen-bond donors (Lipinski definition) is 1. The van der Waals surface area contributed by atoms with E-state index in [9.17, 15) is 0 Å². The Morgan fingerprint density at radius 1 is 1.56 bits per heavy atom. The molecule has 1 unspecified atom stereocenters. The predicted octanol–water partition coefficient (Wildman–Crippen LogP) is 2.28. The van der Waals surface area contributed by atoms with Crippen LogP contribution in [0.2, 0.25) is 0 Å². The summed E-state index contributed by atoms with van der Waals surface area (Å²) < 4.78 is 10.5. The molecule has 0 fully saturated rings. The van der Waals surface area contributed by atoms with Crippen LogP contribution in [0, 0.1) is 6.92 Å². The molecule has 0 radical (unpaired) electrons. The maximum atomic E-state index is 5.39. The zero-order chi connectivity index (χ0) is 12.2. The van der Waals surface area contributed by atoms with Crippen LogP contribution >= 0.6 is 0 Å². The van der Waals surface area contributed by atoms with Crippen LogP contribution in [-0.2, 0) is 11.3 Å². The second kappa shape index (κ2) is 5.46. The van der Waals surface area contributed by atoms with Crippen LogP contribution in [0.15, 0.2) is 10.6 Å². The summed E-state index contributed by atoms with van der Waals surface area (Å²) in [5.74, 6) is 0.875. The second-order valence-corrected chi connectivity index (χ2v) is 4.88. The summed E-state index contributed by atoms with van der Waals surface area (Å²) in [4.78, 5) is 0. The first kappa shape index (κ1) is 13.2. The molecular weight excluding hydrogens is 204 g/mol. The third kappa shape index (κ3) is 4.33. The van der Waals surface area contributed by atoms with Crippen molar-refractivity contribution in [3.8, 4) is 0 Å². The molecule has 0 aliphatic carbocycles. The van der Waals surface area contributed by atoms with Crippen molar-refractivity contribution in [2.45, 2.75) is 52.3 Å². The molecule has 1 rings (SSSR count). The summed E-state index contributed by atoms with van der Waals surface area (Å²) in [5, 5.41) is 7.23. The van der Waals surface area contributed by atoms with Crippen LogP contribution in [0.3, 0.4) is 0 Å². The summed E-state index contributed by atoms with van der Waals surface area (Å²) in [7, 11) is 1.74. The van der Waals surface area contributed by atoms with E-state index in [0.29, 0.717) is 12.6 Å². The van der Waals surface area contributed by atoms with E-state index in [4.69, 9.17) is 9.26 Å². The average molecular weight is 226 g/mol. The topological polar surface area (TPSA) is 47.3 Å². The highest BCUT2D eigenvalue weighted by atomic mass is 16.5. The number of ether oxygens (including phenoxy) is 1. The van der Waals surface area contributed by atoms with E-state index in [1.165, 1.54) is 0 Å². The van der Waals surface area contributed by atoms with Crippen LogP contribution < -0.4 is 5.32 Å². The highest BCUT2D eigenvalue weighted by Gasteiger charge is 2.19. The Labute approximate surface area is 97.3 Å². The van der Waals surface area contributed by atoms with Gasteiger partial charge in [-0.05, 0) is 34.1 Å². The van der Waals surface area contributed by atoms with Crippen LogP contribution in [0.1, 0.15) is 38.6 Å². The highest BCUT2D eigenvalue weighted by Crippen LogP contribution is 2.15. The second-order valence-electron chi connectivity index (χ2n) is 4.88. The molecule has 0 aliphatic heterocycles. The molecule has 0 aromatic carbocycles. The van der Waals surface area contributed by atoms with Gasteiger partial charge in [0, 0.05) is 19.2 Å². The zero-order valence-corrected chi connectivity index (χ0v) is 10.8. The van der Waals surface area contributed by atoms with Crippen LogP contribution in [0.5, 0.6) is 0 Å². The third-order valence-electron chi connectivity index (χ3n) is 2.65. The van der Waals surface area contributed by atoms with Gasteiger partial charge in [0.05, 0.1) is 17.8 Å². The molecule has 0 aliphatic rings. The van der Waals surface area contributed by atoms with Crippen LogP contribution in [0.25, 0.3) is 0 Å². The predicted molar refractivity (Wildman–Crippen MR) is 63.2 cm³/mol. The van der Waals surface area contributed by atoms with Gasteiger partial charge in [-0.15, -0.1) is 0 Å². The lowest BCUT2D eigenvalue weighted by Gasteiger charge is -2.26. The zero-order valence-electron chi connectivity index (χ0n) is 10.8. The molecule has 16 heavy (non-hydrogen) atoms. The summed E-state index contributed by atoms with van der Waals surface area (Å²) in [6.45, 7) is 8.95. The van der Waals surface area contributed by atoms with Gasteiger partial charge >= 0.3 is 0 Å². The number of aromatic nitrogens is 1. The average Bonchev–Trinajstić information content (AvgIpc) is 2.61. The molecule has 0 amide bonds. The number of methoxy groups -OCH3 is 1. The lowest BCUT2D eigenvalue weighted by molar-refractivity contribution is 0.00828. The minimum atomic E-state index is -0.0935. The van der Waals surface area contributed by atoms with Gasteiger partial charge in [-0.25, -0.2) is 0 Å². The van der Waals surface area contributed by atoms with Crippen LogP contribution in [0.4, 0.5) is 0 Å². The fraction of sp³-hybridized carbons (Fsp3) is 0.750. The van der Waals surface area contributed by atoms with E-state index in [0.717, 1.165) is 17.9 Å². The Bertz CT molecular complexity index is 321. The summed E-state index contributed by atoms with van der Waals surface area (Å²) in [6, 6.07) is 2.32. The van der Waals surface area contributed by atoms with Crippen molar-refractivity contribution in [1.82, 2.24) is 10.5 Å². The van der Waals surface area contributed by atoms with E-state index in [1.807, 2.05) is 13.0 Å². The van der Waals surface area contributed by atoms with Crippen molar-refractivity contribution >= 4 is 0 Å². The first-order valence-corrected chi connectivity index (χ1v) is 5.63. The van der Waals surface area contributed by atoms with E-state index in [-0.39, 0.29) is 5.60 Å². The van der Waals surface area contributed by atoms with E-state index >= 15 is 0 Å². The molecule has 0 saturated carbocycles. The third-order valence-corrected chi connectivity index (χ3v) is 2.65. The molecule has 4 nitrogen and oxygen atoms in total. The minimum absolute atomic E-state index is 0.0935. The molecule has 92 valence electrons. The monoisotopic (exact) mass is 226 g/mol. The van der Waals surface area contributed by atoms with E-state index < -0.39 is 0 Å². The van der Waals surface area contributed by atoms with Gasteiger partial charge in [0.2, 0.25) is 0 Å². The number of nitrogens with zero attached hydrogens (tertiary/aromatic N) is 1. The fourth-order valence-electron chi connectivity index (χ4n) is 1.67.